The number of benzene rings is 1. The average Bonchev–Trinajstić information content (AvgIpc) is 2.76. The highest BCUT2D eigenvalue weighted by Crippen LogP contribution is 2.34. The highest BCUT2D eigenvalue weighted by atomic mass is 32.1. The van der Waals surface area contributed by atoms with Crippen LogP contribution in [-0.4, -0.2) is 9.97 Å². The first-order valence-electron chi connectivity index (χ1n) is 5.73. The van der Waals surface area contributed by atoms with E-state index in [0.717, 1.165) is 21.5 Å². The van der Waals surface area contributed by atoms with Gasteiger partial charge in [-0.25, -0.2) is 9.97 Å². The molecule has 4 nitrogen and oxygen atoms in total. The number of hydrogen-bond donors (Lipinski definition) is 1. The van der Waals surface area contributed by atoms with Gasteiger partial charge in [-0.05, 0) is 6.92 Å². The fourth-order valence-corrected chi connectivity index (χ4v) is 2.94. The molecular formula is C14H10N4S. The summed E-state index contributed by atoms with van der Waals surface area (Å²) in [4.78, 5) is 10.3. The van der Waals surface area contributed by atoms with Crippen molar-refractivity contribution in [2.24, 2.45) is 0 Å². The molecule has 0 amide bonds. The Hall–Kier alpha value is -2.45. The van der Waals surface area contributed by atoms with Crippen molar-refractivity contribution in [3.8, 4) is 17.5 Å². The van der Waals surface area contributed by atoms with Crippen LogP contribution in [0.3, 0.4) is 0 Å². The molecule has 3 aromatic rings. The second kappa shape index (κ2) is 4.34. The lowest BCUT2D eigenvalue weighted by molar-refractivity contribution is 1.17. The molecule has 2 N–H and O–H groups in total. The van der Waals surface area contributed by atoms with Gasteiger partial charge in [0.15, 0.2) is 5.82 Å². The second-order valence-electron chi connectivity index (χ2n) is 4.14. The number of rotatable bonds is 1. The van der Waals surface area contributed by atoms with Crippen molar-refractivity contribution >= 4 is 27.2 Å². The Balaban J connectivity index is 2.29. The van der Waals surface area contributed by atoms with E-state index in [1.807, 2.05) is 37.3 Å². The largest absolute Gasteiger partial charge is 0.396 e. The Bertz CT molecular complexity index is 800. The van der Waals surface area contributed by atoms with Crippen molar-refractivity contribution in [3.63, 3.8) is 0 Å². The van der Waals surface area contributed by atoms with Gasteiger partial charge in [0.1, 0.15) is 15.8 Å². The van der Waals surface area contributed by atoms with Gasteiger partial charge in [-0.2, -0.15) is 5.26 Å². The molecular weight excluding hydrogens is 256 g/mol. The van der Waals surface area contributed by atoms with Crippen LogP contribution < -0.4 is 5.73 Å². The Morgan fingerprint density at radius 2 is 1.95 bits per heavy atom. The zero-order valence-electron chi connectivity index (χ0n) is 10.2. The molecule has 0 unspecified atom stereocenters. The minimum atomic E-state index is 0.486. The van der Waals surface area contributed by atoms with E-state index in [1.165, 1.54) is 11.3 Å². The molecule has 0 atom stereocenters. The number of thiophene rings is 1. The SMILES string of the molecule is Cc1nc(-c2ccccc2)nc2sc(C#N)c(N)c12. The zero-order valence-corrected chi connectivity index (χ0v) is 11.0. The minimum Gasteiger partial charge on any atom is -0.396 e. The number of aryl methyl sites for hydroxylation is 1. The van der Waals surface area contributed by atoms with E-state index in [1.54, 1.807) is 0 Å². The summed E-state index contributed by atoms with van der Waals surface area (Å²) in [6, 6.07) is 11.9. The van der Waals surface area contributed by atoms with Crippen LogP contribution in [0.5, 0.6) is 0 Å². The molecule has 1 aromatic carbocycles. The van der Waals surface area contributed by atoms with E-state index in [4.69, 9.17) is 11.0 Å². The molecule has 0 aliphatic heterocycles. The van der Waals surface area contributed by atoms with Gasteiger partial charge in [0.2, 0.25) is 0 Å². The molecule has 2 aromatic heterocycles. The van der Waals surface area contributed by atoms with Crippen molar-refractivity contribution in [2.75, 3.05) is 5.73 Å². The second-order valence-corrected chi connectivity index (χ2v) is 5.13. The van der Waals surface area contributed by atoms with E-state index in [-0.39, 0.29) is 0 Å². The molecule has 92 valence electrons. The van der Waals surface area contributed by atoms with Crippen LogP contribution in [0.4, 0.5) is 5.69 Å². The number of nitriles is 1. The van der Waals surface area contributed by atoms with E-state index < -0.39 is 0 Å². The van der Waals surface area contributed by atoms with Gasteiger partial charge in [-0.3, -0.25) is 0 Å². The number of aromatic nitrogens is 2. The molecule has 2 heterocycles. The first-order chi connectivity index (χ1) is 9.20. The summed E-state index contributed by atoms with van der Waals surface area (Å²) in [7, 11) is 0. The van der Waals surface area contributed by atoms with Crippen LogP contribution in [0, 0.1) is 18.3 Å². The summed E-state index contributed by atoms with van der Waals surface area (Å²) in [6.45, 7) is 1.89. The summed E-state index contributed by atoms with van der Waals surface area (Å²) in [5, 5.41) is 9.82. The van der Waals surface area contributed by atoms with Gasteiger partial charge < -0.3 is 5.73 Å². The van der Waals surface area contributed by atoms with Crippen LogP contribution in [0.25, 0.3) is 21.6 Å². The Morgan fingerprint density at radius 3 is 2.63 bits per heavy atom. The normalized spacial score (nSPS) is 10.5. The van der Waals surface area contributed by atoms with Gasteiger partial charge in [0, 0.05) is 5.56 Å². The number of nitrogens with zero attached hydrogens (tertiary/aromatic N) is 3. The number of hydrogen-bond acceptors (Lipinski definition) is 5. The monoisotopic (exact) mass is 266 g/mol. The molecule has 0 fully saturated rings. The Morgan fingerprint density at radius 1 is 1.21 bits per heavy atom. The molecule has 5 heteroatoms. The lowest BCUT2D eigenvalue weighted by atomic mass is 10.2. The van der Waals surface area contributed by atoms with E-state index in [0.29, 0.717) is 16.4 Å². The van der Waals surface area contributed by atoms with Gasteiger partial charge in [-0.1, -0.05) is 30.3 Å². The van der Waals surface area contributed by atoms with Gasteiger partial charge in [-0.15, -0.1) is 11.3 Å². The molecule has 0 radical (unpaired) electrons. The third-order valence-electron chi connectivity index (χ3n) is 2.90. The van der Waals surface area contributed by atoms with Crippen LogP contribution in [0.15, 0.2) is 30.3 Å². The molecule has 0 bridgehead atoms. The first-order valence-corrected chi connectivity index (χ1v) is 6.54. The molecule has 0 spiro atoms. The average molecular weight is 266 g/mol. The summed E-state index contributed by atoms with van der Waals surface area (Å²) >= 11 is 1.31. The molecule has 0 aliphatic rings. The maximum absolute atomic E-state index is 9.03. The maximum Gasteiger partial charge on any atom is 0.161 e. The fourth-order valence-electron chi connectivity index (χ4n) is 2.00. The predicted molar refractivity (Wildman–Crippen MR) is 76.7 cm³/mol. The van der Waals surface area contributed by atoms with Gasteiger partial charge in [0.05, 0.1) is 16.8 Å². The van der Waals surface area contributed by atoms with Crippen molar-refractivity contribution < 1.29 is 0 Å². The van der Waals surface area contributed by atoms with Gasteiger partial charge in [0.25, 0.3) is 0 Å². The molecule has 3 rings (SSSR count). The van der Waals surface area contributed by atoms with Crippen molar-refractivity contribution in [3.05, 3.63) is 40.9 Å². The maximum atomic E-state index is 9.03. The van der Waals surface area contributed by atoms with Crippen LogP contribution in [-0.2, 0) is 0 Å². The van der Waals surface area contributed by atoms with Crippen molar-refractivity contribution in [1.29, 1.82) is 5.26 Å². The summed E-state index contributed by atoms with van der Waals surface area (Å²) in [6.07, 6.45) is 0. The number of anilines is 1. The number of nitrogen functional groups attached to an aromatic ring is 1. The third kappa shape index (κ3) is 1.83. The molecule has 0 saturated carbocycles. The fraction of sp³-hybridized carbons (Fsp3) is 0.0714. The smallest absolute Gasteiger partial charge is 0.161 e. The molecule has 0 saturated heterocycles. The summed E-state index contributed by atoms with van der Waals surface area (Å²) in [5.74, 6) is 0.663. The van der Waals surface area contributed by atoms with E-state index >= 15 is 0 Å². The lowest BCUT2D eigenvalue weighted by Crippen LogP contribution is -1.94. The van der Waals surface area contributed by atoms with Crippen LogP contribution in [0.2, 0.25) is 0 Å². The van der Waals surface area contributed by atoms with Crippen molar-refractivity contribution in [2.45, 2.75) is 6.92 Å². The number of nitrogens with two attached hydrogens (primary N) is 1. The first kappa shape index (κ1) is 11.6. The minimum absolute atomic E-state index is 0.486. The summed E-state index contributed by atoms with van der Waals surface area (Å²) < 4.78 is 0. The highest BCUT2D eigenvalue weighted by Gasteiger charge is 2.15. The quantitative estimate of drug-likeness (QED) is 0.734. The Kier molecular flexibility index (Phi) is 2.65. The van der Waals surface area contributed by atoms with E-state index in [9.17, 15) is 0 Å². The summed E-state index contributed by atoms with van der Waals surface area (Å²) in [5.41, 5.74) is 8.19. The van der Waals surface area contributed by atoms with Crippen LogP contribution in [0.1, 0.15) is 10.6 Å². The predicted octanol–water partition coefficient (Wildman–Crippen LogP) is 3.12. The Labute approximate surface area is 114 Å². The van der Waals surface area contributed by atoms with E-state index in [2.05, 4.69) is 16.0 Å². The zero-order chi connectivity index (χ0) is 13.4. The highest BCUT2D eigenvalue weighted by molar-refractivity contribution is 7.19. The third-order valence-corrected chi connectivity index (χ3v) is 3.91. The van der Waals surface area contributed by atoms with Crippen molar-refractivity contribution in [1.82, 2.24) is 9.97 Å². The van der Waals surface area contributed by atoms with Gasteiger partial charge >= 0.3 is 0 Å². The standard InChI is InChI=1S/C14H10N4S/c1-8-11-12(16)10(7-15)19-14(11)18-13(17-8)9-5-3-2-4-6-9/h2-6H,16H2,1H3. The number of fused-ring (bicyclic) bond motifs is 1. The lowest BCUT2D eigenvalue weighted by Gasteiger charge is -2.03. The topological polar surface area (TPSA) is 75.6 Å². The molecule has 19 heavy (non-hydrogen) atoms. The van der Waals surface area contributed by atoms with Crippen LogP contribution >= 0.6 is 11.3 Å². The molecule has 0 aliphatic carbocycles.